The molecule has 1 aromatic heterocycles. The van der Waals surface area contributed by atoms with Crippen molar-refractivity contribution >= 4 is 16.8 Å². The van der Waals surface area contributed by atoms with Crippen LogP contribution < -0.4 is 0 Å². The summed E-state index contributed by atoms with van der Waals surface area (Å²) in [4.78, 5) is 20.3. The Hall–Kier alpha value is -1.89. The maximum atomic E-state index is 12.7. The molecule has 1 N–H and O–H groups in total. The highest BCUT2D eigenvalue weighted by Gasteiger charge is 2.23. The first kappa shape index (κ1) is 17.5. The summed E-state index contributed by atoms with van der Waals surface area (Å²) in [5.74, 6) is 0.0930. The topological polar surface area (TPSA) is 57.8 Å². The van der Waals surface area contributed by atoms with Gasteiger partial charge < -0.3 is 19.4 Å². The number of amides is 1. The minimum atomic E-state index is 0.0930. The Morgan fingerprint density at radius 2 is 2.08 bits per heavy atom. The molecule has 0 saturated carbocycles. The highest BCUT2D eigenvalue weighted by molar-refractivity contribution is 5.98. The second-order valence-corrected chi connectivity index (χ2v) is 7.11. The highest BCUT2D eigenvalue weighted by Crippen LogP contribution is 2.17. The smallest absolute Gasteiger partial charge is 0.270 e. The van der Waals surface area contributed by atoms with Crippen LogP contribution in [0.4, 0.5) is 0 Å². The lowest BCUT2D eigenvalue weighted by molar-refractivity contribution is 0.00655. The van der Waals surface area contributed by atoms with Crippen LogP contribution in [0.5, 0.6) is 0 Å². The Bertz CT molecular complexity index is 698. The first-order valence-corrected chi connectivity index (χ1v) is 9.58. The number of piperazine rings is 1. The van der Waals surface area contributed by atoms with Crippen LogP contribution in [0.15, 0.2) is 30.3 Å². The molecule has 0 bridgehead atoms. The zero-order chi connectivity index (χ0) is 17.8. The number of hydrogen-bond donors (Lipinski definition) is 1. The second-order valence-electron chi connectivity index (χ2n) is 7.11. The summed E-state index contributed by atoms with van der Waals surface area (Å²) in [6.45, 7) is 6.56. The number of para-hydroxylation sites is 1. The number of carbonyl (C=O) groups is 1. The maximum Gasteiger partial charge on any atom is 0.270 e. The van der Waals surface area contributed by atoms with Gasteiger partial charge in [-0.2, -0.15) is 0 Å². The molecule has 1 amide bonds. The van der Waals surface area contributed by atoms with Crippen molar-refractivity contribution in [3.05, 3.63) is 36.0 Å². The van der Waals surface area contributed by atoms with Gasteiger partial charge in [0.25, 0.3) is 5.91 Å². The van der Waals surface area contributed by atoms with Gasteiger partial charge in [0.15, 0.2) is 0 Å². The van der Waals surface area contributed by atoms with E-state index < -0.39 is 0 Å². The van der Waals surface area contributed by atoms with E-state index in [0.29, 0.717) is 18.4 Å². The lowest BCUT2D eigenvalue weighted by Gasteiger charge is -2.34. The Kier molecular flexibility index (Phi) is 5.53. The predicted molar refractivity (Wildman–Crippen MR) is 100 cm³/mol. The zero-order valence-corrected chi connectivity index (χ0v) is 15.2. The third-order valence-electron chi connectivity index (χ3n) is 5.30. The number of rotatable bonds is 6. The number of aromatic nitrogens is 1. The minimum Gasteiger partial charge on any atom is -0.377 e. The molecule has 140 valence electrons. The van der Waals surface area contributed by atoms with Crippen molar-refractivity contribution in [2.45, 2.75) is 18.9 Å². The van der Waals surface area contributed by atoms with E-state index in [1.807, 2.05) is 35.2 Å². The monoisotopic (exact) mass is 357 g/mol. The summed E-state index contributed by atoms with van der Waals surface area (Å²) in [6, 6.07) is 9.94. The van der Waals surface area contributed by atoms with E-state index in [9.17, 15) is 4.79 Å². The molecule has 1 atom stereocenters. The van der Waals surface area contributed by atoms with Crippen molar-refractivity contribution in [3.8, 4) is 0 Å². The molecule has 2 saturated heterocycles. The zero-order valence-electron chi connectivity index (χ0n) is 15.2. The summed E-state index contributed by atoms with van der Waals surface area (Å²) in [5, 5.41) is 1.08. The van der Waals surface area contributed by atoms with Crippen LogP contribution in [0, 0.1) is 0 Å². The molecule has 6 heteroatoms. The number of aromatic amines is 1. The number of H-pyrrole nitrogens is 1. The van der Waals surface area contributed by atoms with Crippen molar-refractivity contribution < 1.29 is 14.3 Å². The van der Waals surface area contributed by atoms with E-state index in [0.717, 1.165) is 69.7 Å². The van der Waals surface area contributed by atoms with Crippen LogP contribution in [0.3, 0.4) is 0 Å². The van der Waals surface area contributed by atoms with Gasteiger partial charge in [0.05, 0.1) is 19.3 Å². The molecule has 4 rings (SSSR count). The molecule has 2 aromatic rings. The number of fused-ring (bicyclic) bond motifs is 1. The lowest BCUT2D eigenvalue weighted by Crippen LogP contribution is -2.49. The van der Waals surface area contributed by atoms with Gasteiger partial charge in [-0.15, -0.1) is 0 Å². The van der Waals surface area contributed by atoms with E-state index in [4.69, 9.17) is 9.47 Å². The molecule has 2 fully saturated rings. The molecular formula is C20H27N3O3. The van der Waals surface area contributed by atoms with Gasteiger partial charge in [-0.25, -0.2) is 0 Å². The number of hydrogen-bond acceptors (Lipinski definition) is 4. The van der Waals surface area contributed by atoms with Crippen molar-refractivity contribution in [3.63, 3.8) is 0 Å². The molecule has 6 nitrogen and oxygen atoms in total. The molecule has 2 aliphatic heterocycles. The number of nitrogens with one attached hydrogen (secondary N) is 1. The largest absolute Gasteiger partial charge is 0.377 e. The third kappa shape index (κ3) is 4.09. The average Bonchev–Trinajstić information content (AvgIpc) is 3.34. The molecule has 0 spiro atoms. The Balaban J connectivity index is 1.21. The fourth-order valence-corrected chi connectivity index (χ4v) is 3.72. The van der Waals surface area contributed by atoms with Crippen LogP contribution in [0.2, 0.25) is 0 Å². The fraction of sp³-hybridized carbons (Fsp3) is 0.550. The number of benzene rings is 1. The van der Waals surface area contributed by atoms with E-state index in [1.165, 1.54) is 0 Å². The Morgan fingerprint density at radius 3 is 2.85 bits per heavy atom. The van der Waals surface area contributed by atoms with Crippen LogP contribution in [0.25, 0.3) is 10.9 Å². The van der Waals surface area contributed by atoms with Crippen LogP contribution in [-0.4, -0.2) is 79.3 Å². The van der Waals surface area contributed by atoms with Crippen LogP contribution in [0.1, 0.15) is 23.3 Å². The summed E-state index contributed by atoms with van der Waals surface area (Å²) in [5.41, 5.74) is 1.69. The predicted octanol–water partition coefficient (Wildman–Crippen LogP) is 2.12. The first-order valence-electron chi connectivity index (χ1n) is 9.58. The average molecular weight is 357 g/mol. The standard InChI is InChI=1S/C20H27N3O3/c24-20(19-14-16-4-1-2-6-18(16)21-19)23-9-7-22(8-10-23)11-13-25-15-17-5-3-12-26-17/h1-2,4,6,14,17,21H,3,5,7-13,15H2. The van der Waals surface area contributed by atoms with Gasteiger partial charge in [-0.1, -0.05) is 18.2 Å². The molecule has 1 unspecified atom stereocenters. The van der Waals surface area contributed by atoms with Gasteiger partial charge in [0.2, 0.25) is 0 Å². The molecule has 2 aliphatic rings. The SMILES string of the molecule is O=C(c1cc2ccccc2[nH]1)N1CCN(CCOCC2CCCO2)CC1. The van der Waals surface area contributed by atoms with E-state index in [-0.39, 0.29) is 5.91 Å². The van der Waals surface area contributed by atoms with Gasteiger partial charge in [0.1, 0.15) is 5.69 Å². The number of nitrogens with zero attached hydrogens (tertiary/aromatic N) is 2. The van der Waals surface area contributed by atoms with Crippen LogP contribution in [-0.2, 0) is 9.47 Å². The van der Waals surface area contributed by atoms with Crippen molar-refractivity contribution in [2.75, 3.05) is 52.5 Å². The molecule has 26 heavy (non-hydrogen) atoms. The van der Waals surface area contributed by atoms with Gasteiger partial charge in [-0.3, -0.25) is 9.69 Å². The normalized spacial score (nSPS) is 21.5. The fourth-order valence-electron chi connectivity index (χ4n) is 3.72. The molecule has 0 radical (unpaired) electrons. The molecule has 3 heterocycles. The van der Waals surface area contributed by atoms with Gasteiger partial charge >= 0.3 is 0 Å². The number of ether oxygens (including phenoxy) is 2. The Morgan fingerprint density at radius 1 is 1.23 bits per heavy atom. The van der Waals surface area contributed by atoms with E-state index in [1.54, 1.807) is 0 Å². The minimum absolute atomic E-state index is 0.0930. The highest BCUT2D eigenvalue weighted by atomic mass is 16.5. The summed E-state index contributed by atoms with van der Waals surface area (Å²) in [7, 11) is 0. The summed E-state index contributed by atoms with van der Waals surface area (Å²) in [6.07, 6.45) is 2.57. The summed E-state index contributed by atoms with van der Waals surface area (Å²) >= 11 is 0. The van der Waals surface area contributed by atoms with Crippen LogP contribution >= 0.6 is 0 Å². The molecule has 1 aromatic carbocycles. The third-order valence-corrected chi connectivity index (χ3v) is 5.30. The lowest BCUT2D eigenvalue weighted by atomic mass is 10.2. The molecule has 0 aliphatic carbocycles. The Labute approximate surface area is 154 Å². The van der Waals surface area contributed by atoms with Crippen molar-refractivity contribution in [1.29, 1.82) is 0 Å². The van der Waals surface area contributed by atoms with Crippen molar-refractivity contribution in [2.24, 2.45) is 0 Å². The van der Waals surface area contributed by atoms with Gasteiger partial charge in [-0.05, 0) is 25.0 Å². The van der Waals surface area contributed by atoms with Gasteiger partial charge in [0, 0.05) is 50.2 Å². The van der Waals surface area contributed by atoms with E-state index >= 15 is 0 Å². The summed E-state index contributed by atoms with van der Waals surface area (Å²) < 4.78 is 11.3. The molecular weight excluding hydrogens is 330 g/mol. The first-order chi connectivity index (χ1) is 12.8. The number of carbonyl (C=O) groups excluding carboxylic acids is 1. The quantitative estimate of drug-likeness (QED) is 0.805. The van der Waals surface area contributed by atoms with E-state index in [2.05, 4.69) is 9.88 Å². The maximum absolute atomic E-state index is 12.7. The van der Waals surface area contributed by atoms with Crippen molar-refractivity contribution in [1.82, 2.24) is 14.8 Å². The second kappa shape index (κ2) is 8.20.